The van der Waals surface area contributed by atoms with E-state index in [4.69, 9.17) is 4.74 Å². The van der Waals surface area contributed by atoms with Crippen LogP contribution in [0.15, 0.2) is 24.3 Å². The Morgan fingerprint density at radius 2 is 1.78 bits per heavy atom. The first-order valence-electron chi connectivity index (χ1n) is 6.70. The first kappa shape index (κ1) is 13.5. The topological polar surface area (TPSA) is 21.3 Å². The van der Waals surface area contributed by atoms with E-state index in [2.05, 4.69) is 5.32 Å². The van der Waals surface area contributed by atoms with E-state index < -0.39 is 0 Å². The van der Waals surface area contributed by atoms with Gasteiger partial charge in [0.1, 0.15) is 5.82 Å². The molecule has 2 rings (SSSR count). The van der Waals surface area contributed by atoms with Gasteiger partial charge in [-0.1, -0.05) is 31.4 Å². The summed E-state index contributed by atoms with van der Waals surface area (Å²) in [4.78, 5) is 0. The molecule has 1 saturated carbocycles. The third-order valence-electron chi connectivity index (χ3n) is 4.12. The van der Waals surface area contributed by atoms with Gasteiger partial charge in [0.05, 0.1) is 11.6 Å². The van der Waals surface area contributed by atoms with Gasteiger partial charge in [-0.05, 0) is 37.6 Å². The molecule has 1 fully saturated rings. The summed E-state index contributed by atoms with van der Waals surface area (Å²) in [7, 11) is 3.74. The second-order valence-corrected chi connectivity index (χ2v) is 5.10. The highest BCUT2D eigenvalue weighted by Gasteiger charge is 2.40. The smallest absolute Gasteiger partial charge is 0.123 e. The van der Waals surface area contributed by atoms with Gasteiger partial charge in [-0.2, -0.15) is 0 Å². The molecule has 0 aliphatic heterocycles. The van der Waals surface area contributed by atoms with Crippen LogP contribution in [-0.2, 0) is 4.74 Å². The highest BCUT2D eigenvalue weighted by molar-refractivity contribution is 5.23. The summed E-state index contributed by atoms with van der Waals surface area (Å²) in [6.07, 6.45) is 5.81. The van der Waals surface area contributed by atoms with Gasteiger partial charge in [0.25, 0.3) is 0 Å². The van der Waals surface area contributed by atoms with Crippen molar-refractivity contribution >= 4 is 0 Å². The van der Waals surface area contributed by atoms with Crippen molar-refractivity contribution in [3.05, 3.63) is 35.6 Å². The maximum Gasteiger partial charge on any atom is 0.123 e. The molecule has 18 heavy (non-hydrogen) atoms. The SMILES string of the molecule is CNC(c1ccc(F)cc1)C1(OC)CCCCC1. The Balaban J connectivity index is 2.27. The summed E-state index contributed by atoms with van der Waals surface area (Å²) in [6, 6.07) is 6.87. The van der Waals surface area contributed by atoms with Gasteiger partial charge >= 0.3 is 0 Å². The van der Waals surface area contributed by atoms with Gasteiger partial charge in [0.15, 0.2) is 0 Å². The largest absolute Gasteiger partial charge is 0.376 e. The lowest BCUT2D eigenvalue weighted by Gasteiger charge is -2.42. The number of ether oxygens (including phenoxy) is 1. The van der Waals surface area contributed by atoms with Crippen LogP contribution < -0.4 is 5.32 Å². The van der Waals surface area contributed by atoms with Crippen molar-refractivity contribution in [2.75, 3.05) is 14.2 Å². The zero-order valence-electron chi connectivity index (χ0n) is 11.2. The lowest BCUT2D eigenvalue weighted by Crippen LogP contribution is -2.45. The second-order valence-electron chi connectivity index (χ2n) is 5.10. The van der Waals surface area contributed by atoms with E-state index >= 15 is 0 Å². The molecular formula is C15H22FNO. The number of benzene rings is 1. The average Bonchev–Trinajstić information content (AvgIpc) is 2.43. The highest BCUT2D eigenvalue weighted by Crippen LogP contribution is 2.40. The lowest BCUT2D eigenvalue weighted by atomic mass is 9.76. The first-order valence-corrected chi connectivity index (χ1v) is 6.70. The molecule has 1 aliphatic carbocycles. The number of hydrogen-bond donors (Lipinski definition) is 1. The van der Waals surface area contributed by atoms with Crippen LogP contribution in [0.4, 0.5) is 4.39 Å². The molecule has 1 aromatic carbocycles. The van der Waals surface area contributed by atoms with Crippen LogP contribution in [-0.4, -0.2) is 19.8 Å². The molecule has 1 aliphatic rings. The summed E-state index contributed by atoms with van der Waals surface area (Å²) >= 11 is 0. The molecule has 1 atom stereocenters. The van der Waals surface area contributed by atoms with Crippen LogP contribution in [0, 0.1) is 5.82 Å². The van der Waals surface area contributed by atoms with Crippen LogP contribution in [0.1, 0.15) is 43.7 Å². The Bertz CT molecular complexity index is 371. The predicted molar refractivity (Wildman–Crippen MR) is 71.0 cm³/mol. The number of rotatable bonds is 4. The maximum atomic E-state index is 13.0. The van der Waals surface area contributed by atoms with E-state index in [0.717, 1.165) is 18.4 Å². The van der Waals surface area contributed by atoms with Crippen molar-refractivity contribution in [2.45, 2.75) is 43.7 Å². The number of halogens is 1. The maximum absolute atomic E-state index is 13.0. The molecule has 1 unspecified atom stereocenters. The van der Waals surface area contributed by atoms with Gasteiger partial charge in [-0.25, -0.2) is 4.39 Å². The van der Waals surface area contributed by atoms with Crippen molar-refractivity contribution in [3.63, 3.8) is 0 Å². The van der Waals surface area contributed by atoms with Crippen molar-refractivity contribution < 1.29 is 9.13 Å². The monoisotopic (exact) mass is 251 g/mol. The fraction of sp³-hybridized carbons (Fsp3) is 0.600. The van der Waals surface area contributed by atoms with Gasteiger partial charge < -0.3 is 10.1 Å². The zero-order chi connectivity index (χ0) is 13.0. The zero-order valence-corrected chi connectivity index (χ0v) is 11.2. The molecule has 0 spiro atoms. The van der Waals surface area contributed by atoms with E-state index in [1.807, 2.05) is 19.2 Å². The summed E-state index contributed by atoms with van der Waals surface area (Å²) < 4.78 is 18.9. The molecule has 0 saturated heterocycles. The molecule has 0 heterocycles. The number of hydrogen-bond acceptors (Lipinski definition) is 2. The molecule has 0 aromatic heterocycles. The summed E-state index contributed by atoms with van der Waals surface area (Å²) in [5, 5.41) is 3.35. The minimum absolute atomic E-state index is 0.128. The van der Waals surface area contributed by atoms with E-state index in [0.29, 0.717) is 0 Å². The van der Waals surface area contributed by atoms with Crippen LogP contribution in [0.5, 0.6) is 0 Å². The molecule has 2 nitrogen and oxygen atoms in total. The number of methoxy groups -OCH3 is 1. The second kappa shape index (κ2) is 5.81. The predicted octanol–water partition coefficient (Wildman–Crippen LogP) is 3.44. The van der Waals surface area contributed by atoms with Crippen LogP contribution in [0.3, 0.4) is 0 Å². The van der Waals surface area contributed by atoms with E-state index in [9.17, 15) is 4.39 Å². The fourth-order valence-corrected chi connectivity index (χ4v) is 3.15. The molecule has 100 valence electrons. The average molecular weight is 251 g/mol. The quantitative estimate of drug-likeness (QED) is 0.885. The lowest BCUT2D eigenvalue weighted by molar-refractivity contribution is -0.0671. The number of likely N-dealkylation sites (N-methyl/N-ethyl adjacent to an activating group) is 1. The number of nitrogens with one attached hydrogen (secondary N) is 1. The van der Waals surface area contributed by atoms with Crippen LogP contribution in [0.25, 0.3) is 0 Å². The molecule has 1 aromatic rings. The first-order chi connectivity index (χ1) is 8.72. The van der Waals surface area contributed by atoms with E-state index in [-0.39, 0.29) is 17.5 Å². The van der Waals surface area contributed by atoms with E-state index in [1.165, 1.54) is 31.4 Å². The van der Waals surface area contributed by atoms with Crippen molar-refractivity contribution in [2.24, 2.45) is 0 Å². The Kier molecular flexibility index (Phi) is 4.36. The summed E-state index contributed by atoms with van der Waals surface area (Å²) in [5.41, 5.74) is 0.952. The Labute approximate surface area is 109 Å². The van der Waals surface area contributed by atoms with Crippen molar-refractivity contribution in [1.29, 1.82) is 0 Å². The normalized spacial score (nSPS) is 20.6. The Morgan fingerprint density at radius 1 is 1.17 bits per heavy atom. The third-order valence-corrected chi connectivity index (χ3v) is 4.12. The molecule has 0 bridgehead atoms. The van der Waals surface area contributed by atoms with Gasteiger partial charge in [0, 0.05) is 7.11 Å². The van der Waals surface area contributed by atoms with Crippen molar-refractivity contribution in [1.82, 2.24) is 5.32 Å². The molecule has 3 heteroatoms. The molecule has 1 N–H and O–H groups in total. The minimum atomic E-state index is -0.191. The van der Waals surface area contributed by atoms with Gasteiger partial charge in [-0.15, -0.1) is 0 Å². The Morgan fingerprint density at radius 3 is 2.28 bits per heavy atom. The summed E-state index contributed by atoms with van der Waals surface area (Å²) in [6.45, 7) is 0. The minimum Gasteiger partial charge on any atom is -0.376 e. The molecule has 0 radical (unpaired) electrons. The van der Waals surface area contributed by atoms with Gasteiger partial charge in [0.2, 0.25) is 0 Å². The Hall–Kier alpha value is -0.930. The highest BCUT2D eigenvalue weighted by atomic mass is 19.1. The molecule has 0 amide bonds. The van der Waals surface area contributed by atoms with Crippen LogP contribution in [0.2, 0.25) is 0 Å². The van der Waals surface area contributed by atoms with Crippen LogP contribution >= 0.6 is 0 Å². The third kappa shape index (κ3) is 2.57. The van der Waals surface area contributed by atoms with Crippen molar-refractivity contribution in [3.8, 4) is 0 Å². The molecular weight excluding hydrogens is 229 g/mol. The fourth-order valence-electron chi connectivity index (χ4n) is 3.15. The van der Waals surface area contributed by atoms with Gasteiger partial charge in [-0.3, -0.25) is 0 Å². The summed E-state index contributed by atoms with van der Waals surface area (Å²) in [5.74, 6) is -0.191. The standard InChI is InChI=1S/C15H22FNO/c1-17-14(12-6-8-13(16)9-7-12)15(18-2)10-4-3-5-11-15/h6-9,14,17H,3-5,10-11H2,1-2H3. The van der Waals surface area contributed by atoms with E-state index in [1.54, 1.807) is 7.11 Å².